The number of nitrogens with one attached hydrogen (secondary N) is 2. The summed E-state index contributed by atoms with van der Waals surface area (Å²) in [6, 6.07) is 5.14. The molecule has 18 heavy (non-hydrogen) atoms. The van der Waals surface area contributed by atoms with Crippen molar-refractivity contribution < 1.29 is 0 Å². The topological polar surface area (TPSA) is 109 Å². The zero-order valence-electron chi connectivity index (χ0n) is 9.45. The molecule has 0 spiro atoms. The summed E-state index contributed by atoms with van der Waals surface area (Å²) in [6.45, 7) is 0. The molecule has 0 saturated carbocycles. The van der Waals surface area contributed by atoms with E-state index in [0.717, 1.165) is 4.57 Å². The number of rotatable bonds is 3. The molecule has 2 rings (SSSR count). The molecule has 0 bridgehead atoms. The molecule has 0 unspecified atom stereocenters. The molecule has 0 fully saturated rings. The first-order chi connectivity index (χ1) is 8.76. The Bertz CT molecular complexity index is 658. The minimum Gasteiger partial charge on any atom is -0.290 e. The Morgan fingerprint density at radius 3 is 2.94 bits per heavy atom. The van der Waals surface area contributed by atoms with Crippen molar-refractivity contribution in [2.24, 2.45) is 0 Å². The molecular weight excluding hydrogens is 234 g/mol. The third-order valence-corrected chi connectivity index (χ3v) is 2.08. The maximum absolute atomic E-state index is 11.8. The maximum atomic E-state index is 11.8. The number of aromatic nitrogens is 4. The first kappa shape index (κ1) is 11.7. The van der Waals surface area contributed by atoms with Crippen LogP contribution in [0.5, 0.6) is 0 Å². The predicted octanol–water partition coefficient (Wildman–Crippen LogP) is -0.560. The molecule has 0 saturated heterocycles. The van der Waals surface area contributed by atoms with E-state index in [2.05, 4.69) is 25.8 Å². The summed E-state index contributed by atoms with van der Waals surface area (Å²) in [5.74, 6) is 0.356. The third-order valence-electron chi connectivity index (χ3n) is 2.08. The minimum absolute atomic E-state index is 0.146. The molecule has 0 radical (unpaired) electrons. The van der Waals surface area contributed by atoms with Gasteiger partial charge in [0.25, 0.3) is 0 Å². The summed E-state index contributed by atoms with van der Waals surface area (Å²) in [4.78, 5) is 23.4. The van der Waals surface area contributed by atoms with Crippen molar-refractivity contribution in [2.45, 2.75) is 0 Å². The summed E-state index contributed by atoms with van der Waals surface area (Å²) < 4.78 is 1.11. The van der Waals surface area contributed by atoms with E-state index < -0.39 is 5.69 Å². The van der Waals surface area contributed by atoms with Crippen LogP contribution in [0.2, 0.25) is 0 Å². The van der Waals surface area contributed by atoms with E-state index in [1.54, 1.807) is 19.2 Å². The van der Waals surface area contributed by atoms with Gasteiger partial charge >= 0.3 is 5.69 Å². The van der Waals surface area contributed by atoms with Gasteiger partial charge in [0, 0.05) is 13.2 Å². The fourth-order valence-corrected chi connectivity index (χ4v) is 1.33. The monoisotopic (exact) mass is 243 g/mol. The lowest BCUT2D eigenvalue weighted by Crippen LogP contribution is -2.27. The van der Waals surface area contributed by atoms with Crippen molar-refractivity contribution in [3.8, 4) is 11.9 Å². The second-order valence-corrected chi connectivity index (χ2v) is 3.19. The highest BCUT2D eigenvalue weighted by Gasteiger charge is 2.08. The van der Waals surface area contributed by atoms with Gasteiger partial charge in [-0.25, -0.2) is 24.8 Å². The Balaban J connectivity index is 2.52. The Hall–Kier alpha value is -2.79. The Labute approximate surface area is 102 Å². The standard InChI is InChI=1S/C10H9N7O/c1-12-16-9-14-6-17(10(18)15-9)8-7(5-11)3-2-4-13-8/h2-4,6,12H,1H3,(H,15,16,18). The second kappa shape index (κ2) is 5.03. The Morgan fingerprint density at radius 2 is 2.28 bits per heavy atom. The van der Waals surface area contributed by atoms with Crippen molar-refractivity contribution in [1.29, 1.82) is 5.26 Å². The second-order valence-electron chi connectivity index (χ2n) is 3.19. The summed E-state index contributed by atoms with van der Waals surface area (Å²) in [7, 11) is 1.63. The largest absolute Gasteiger partial charge is 0.357 e. The van der Waals surface area contributed by atoms with Crippen LogP contribution in [-0.2, 0) is 0 Å². The highest BCUT2D eigenvalue weighted by Crippen LogP contribution is 2.06. The maximum Gasteiger partial charge on any atom is 0.357 e. The van der Waals surface area contributed by atoms with Gasteiger partial charge in [-0.3, -0.25) is 5.43 Å². The lowest BCUT2D eigenvalue weighted by atomic mass is 10.3. The van der Waals surface area contributed by atoms with Crippen LogP contribution in [0.3, 0.4) is 0 Å². The highest BCUT2D eigenvalue weighted by atomic mass is 16.1. The van der Waals surface area contributed by atoms with Gasteiger partial charge in [0.05, 0.1) is 5.56 Å². The zero-order valence-corrected chi connectivity index (χ0v) is 9.45. The van der Waals surface area contributed by atoms with Crippen LogP contribution in [-0.4, -0.2) is 26.6 Å². The van der Waals surface area contributed by atoms with E-state index in [1.807, 2.05) is 6.07 Å². The van der Waals surface area contributed by atoms with E-state index in [4.69, 9.17) is 5.26 Å². The van der Waals surface area contributed by atoms with Gasteiger partial charge in [-0.05, 0) is 12.1 Å². The average molecular weight is 243 g/mol. The van der Waals surface area contributed by atoms with Crippen molar-refractivity contribution in [3.05, 3.63) is 40.7 Å². The fraction of sp³-hybridized carbons (Fsp3) is 0.100. The molecule has 2 heterocycles. The summed E-state index contributed by atoms with van der Waals surface area (Å²) in [6.07, 6.45) is 2.75. The molecule has 0 aliphatic heterocycles. The van der Waals surface area contributed by atoms with Crippen LogP contribution < -0.4 is 16.5 Å². The lowest BCUT2D eigenvalue weighted by Gasteiger charge is -2.06. The molecule has 0 aliphatic rings. The van der Waals surface area contributed by atoms with Crippen LogP contribution in [0.1, 0.15) is 5.56 Å². The first-order valence-electron chi connectivity index (χ1n) is 5.00. The third kappa shape index (κ3) is 2.16. The first-order valence-corrected chi connectivity index (χ1v) is 5.00. The van der Waals surface area contributed by atoms with Crippen molar-refractivity contribution in [3.63, 3.8) is 0 Å². The molecule has 2 N–H and O–H groups in total. The molecular formula is C10H9N7O. The number of nitriles is 1. The van der Waals surface area contributed by atoms with Crippen molar-refractivity contribution in [2.75, 3.05) is 12.5 Å². The Kier molecular flexibility index (Phi) is 3.26. The normalized spacial score (nSPS) is 9.78. The molecule has 8 heteroatoms. The van der Waals surface area contributed by atoms with Crippen LogP contribution in [0.25, 0.3) is 5.82 Å². The summed E-state index contributed by atoms with van der Waals surface area (Å²) in [5.41, 5.74) is 4.89. The minimum atomic E-state index is -0.571. The molecule has 2 aromatic heterocycles. The van der Waals surface area contributed by atoms with Gasteiger partial charge in [-0.2, -0.15) is 10.2 Å². The number of hydrogen-bond donors (Lipinski definition) is 2. The van der Waals surface area contributed by atoms with E-state index >= 15 is 0 Å². The van der Waals surface area contributed by atoms with Crippen LogP contribution in [0, 0.1) is 11.3 Å². The van der Waals surface area contributed by atoms with Gasteiger partial charge in [0.2, 0.25) is 5.95 Å². The van der Waals surface area contributed by atoms with Crippen LogP contribution >= 0.6 is 0 Å². The zero-order chi connectivity index (χ0) is 13.0. The molecule has 90 valence electrons. The summed E-state index contributed by atoms with van der Waals surface area (Å²) >= 11 is 0. The van der Waals surface area contributed by atoms with Gasteiger partial charge in [0.1, 0.15) is 12.4 Å². The highest BCUT2D eigenvalue weighted by molar-refractivity contribution is 5.42. The SMILES string of the molecule is CNNc1ncn(-c2ncccc2C#N)c(=O)n1. The number of anilines is 1. The van der Waals surface area contributed by atoms with Crippen molar-refractivity contribution in [1.82, 2.24) is 24.9 Å². The molecule has 0 amide bonds. The smallest absolute Gasteiger partial charge is 0.290 e. The lowest BCUT2D eigenvalue weighted by molar-refractivity contribution is 0.817. The number of nitrogens with zero attached hydrogens (tertiary/aromatic N) is 5. The van der Waals surface area contributed by atoms with Gasteiger partial charge in [-0.1, -0.05) is 0 Å². The van der Waals surface area contributed by atoms with Gasteiger partial charge in [0.15, 0.2) is 5.82 Å². The van der Waals surface area contributed by atoms with Gasteiger partial charge in [-0.15, -0.1) is 0 Å². The molecule has 0 aromatic carbocycles. The average Bonchev–Trinajstić information content (AvgIpc) is 2.39. The molecule has 2 aromatic rings. The van der Waals surface area contributed by atoms with E-state index in [9.17, 15) is 4.79 Å². The van der Waals surface area contributed by atoms with Crippen molar-refractivity contribution >= 4 is 5.95 Å². The van der Waals surface area contributed by atoms with Crippen LogP contribution in [0.15, 0.2) is 29.5 Å². The summed E-state index contributed by atoms with van der Waals surface area (Å²) in [5, 5.41) is 8.94. The van der Waals surface area contributed by atoms with E-state index in [-0.39, 0.29) is 17.3 Å². The van der Waals surface area contributed by atoms with E-state index in [0.29, 0.717) is 0 Å². The Morgan fingerprint density at radius 1 is 1.44 bits per heavy atom. The van der Waals surface area contributed by atoms with E-state index in [1.165, 1.54) is 12.5 Å². The predicted molar refractivity (Wildman–Crippen MR) is 62.8 cm³/mol. The number of hydrazine groups is 1. The van der Waals surface area contributed by atoms with Gasteiger partial charge < -0.3 is 0 Å². The molecule has 0 atom stereocenters. The fourth-order valence-electron chi connectivity index (χ4n) is 1.33. The quantitative estimate of drug-likeness (QED) is 0.695. The molecule has 0 aliphatic carbocycles. The molecule has 8 nitrogen and oxygen atoms in total. The number of hydrogen-bond acceptors (Lipinski definition) is 7. The van der Waals surface area contributed by atoms with Crippen LogP contribution in [0.4, 0.5) is 5.95 Å². The number of pyridine rings is 1.